The highest BCUT2D eigenvalue weighted by Crippen LogP contribution is 2.34. The molecule has 1 aromatic carbocycles. The first-order valence-electron chi connectivity index (χ1n) is 5.96. The van der Waals surface area contributed by atoms with Gasteiger partial charge in [0.1, 0.15) is 5.75 Å². The highest BCUT2D eigenvalue weighted by Gasteiger charge is 2.24. The lowest BCUT2D eigenvalue weighted by Gasteiger charge is -2.17. The number of carbonyl (C=O) groups is 1. The first-order chi connectivity index (χ1) is 8.24. The van der Waals surface area contributed by atoms with Gasteiger partial charge in [-0.15, -0.1) is 0 Å². The van der Waals surface area contributed by atoms with Crippen molar-refractivity contribution < 1.29 is 9.53 Å². The zero-order valence-corrected chi connectivity index (χ0v) is 11.1. The molecule has 2 aliphatic heterocycles. The smallest absolute Gasteiger partial charge is 0.222 e. The van der Waals surface area contributed by atoms with Crippen molar-refractivity contribution in [2.24, 2.45) is 0 Å². The summed E-state index contributed by atoms with van der Waals surface area (Å²) in [7, 11) is 0. The van der Waals surface area contributed by atoms with Gasteiger partial charge in [-0.05, 0) is 24.1 Å². The monoisotopic (exact) mass is 295 g/mol. The van der Waals surface area contributed by atoms with Gasteiger partial charge in [-0.3, -0.25) is 4.79 Å². The lowest BCUT2D eigenvalue weighted by atomic mass is 10.1. The summed E-state index contributed by atoms with van der Waals surface area (Å²) in [6.07, 6.45) is 2.64. The van der Waals surface area contributed by atoms with Crippen molar-refractivity contribution in [2.45, 2.75) is 25.8 Å². The van der Waals surface area contributed by atoms with Gasteiger partial charge in [-0.1, -0.05) is 15.9 Å². The van der Waals surface area contributed by atoms with Gasteiger partial charge in [-0.25, -0.2) is 0 Å². The second-order valence-corrected chi connectivity index (χ2v) is 5.49. The van der Waals surface area contributed by atoms with Gasteiger partial charge in [0.15, 0.2) is 0 Å². The summed E-state index contributed by atoms with van der Waals surface area (Å²) >= 11 is 3.52. The van der Waals surface area contributed by atoms with Crippen LogP contribution in [0.2, 0.25) is 0 Å². The molecule has 3 rings (SSSR count). The lowest BCUT2D eigenvalue weighted by molar-refractivity contribution is -0.128. The van der Waals surface area contributed by atoms with Crippen molar-refractivity contribution >= 4 is 21.8 Å². The Morgan fingerprint density at radius 2 is 2.24 bits per heavy atom. The van der Waals surface area contributed by atoms with Crippen molar-refractivity contribution in [2.75, 3.05) is 13.2 Å². The molecule has 1 saturated heterocycles. The molecule has 0 spiro atoms. The fourth-order valence-electron chi connectivity index (χ4n) is 2.54. The minimum absolute atomic E-state index is 0.261. The van der Waals surface area contributed by atoms with E-state index in [0.29, 0.717) is 13.0 Å². The van der Waals surface area contributed by atoms with Gasteiger partial charge < -0.3 is 9.64 Å². The number of ether oxygens (including phenoxy) is 1. The maximum Gasteiger partial charge on any atom is 0.222 e. The Morgan fingerprint density at radius 1 is 1.35 bits per heavy atom. The Morgan fingerprint density at radius 3 is 3.00 bits per heavy atom. The number of likely N-dealkylation sites (tertiary alicyclic amines) is 1. The molecule has 2 heterocycles. The van der Waals surface area contributed by atoms with E-state index in [1.54, 1.807) is 0 Å². The zero-order valence-electron chi connectivity index (χ0n) is 9.54. The lowest BCUT2D eigenvalue weighted by Crippen LogP contribution is -2.24. The van der Waals surface area contributed by atoms with Crippen molar-refractivity contribution in [1.82, 2.24) is 4.90 Å². The number of hydrogen-bond acceptors (Lipinski definition) is 2. The number of benzene rings is 1. The molecule has 0 aromatic heterocycles. The summed E-state index contributed by atoms with van der Waals surface area (Å²) in [5.74, 6) is 1.25. The van der Waals surface area contributed by atoms with Crippen LogP contribution >= 0.6 is 15.9 Å². The normalized spacial score (nSPS) is 18.4. The minimum atomic E-state index is 0.261. The van der Waals surface area contributed by atoms with Gasteiger partial charge in [0, 0.05) is 36.0 Å². The fourth-order valence-corrected chi connectivity index (χ4v) is 3.09. The minimum Gasteiger partial charge on any atom is -0.493 e. The molecule has 0 unspecified atom stereocenters. The van der Waals surface area contributed by atoms with Crippen molar-refractivity contribution in [3.63, 3.8) is 0 Å². The maximum absolute atomic E-state index is 11.6. The van der Waals surface area contributed by atoms with E-state index in [9.17, 15) is 4.79 Å². The molecular formula is C13H14BrNO2. The number of nitrogens with zero attached hydrogens (tertiary/aromatic N) is 1. The number of hydrogen-bond donors (Lipinski definition) is 0. The molecule has 1 amide bonds. The second-order valence-electron chi connectivity index (χ2n) is 4.57. The first kappa shape index (κ1) is 11.1. The summed E-state index contributed by atoms with van der Waals surface area (Å²) in [4.78, 5) is 13.6. The highest BCUT2D eigenvalue weighted by atomic mass is 79.9. The highest BCUT2D eigenvalue weighted by molar-refractivity contribution is 9.10. The predicted molar refractivity (Wildman–Crippen MR) is 68.0 cm³/mol. The molecule has 17 heavy (non-hydrogen) atoms. The number of halogens is 1. The van der Waals surface area contributed by atoms with Gasteiger partial charge in [0.2, 0.25) is 5.91 Å². The van der Waals surface area contributed by atoms with E-state index < -0.39 is 0 Å². The van der Waals surface area contributed by atoms with Crippen LogP contribution in [0.4, 0.5) is 0 Å². The van der Waals surface area contributed by atoms with Crippen LogP contribution in [0.25, 0.3) is 0 Å². The third kappa shape index (κ3) is 2.06. The Kier molecular flexibility index (Phi) is 2.82. The molecular weight excluding hydrogens is 282 g/mol. The standard InChI is InChI=1S/C13H14BrNO2/c14-11-6-9-3-5-17-13(9)10(7-11)8-15-4-1-2-12(15)16/h6-7H,1-5,8H2. The third-order valence-electron chi connectivity index (χ3n) is 3.36. The zero-order chi connectivity index (χ0) is 11.8. The van der Waals surface area contributed by atoms with Crippen LogP contribution in [-0.2, 0) is 17.8 Å². The van der Waals surface area contributed by atoms with Gasteiger partial charge in [0.25, 0.3) is 0 Å². The second kappa shape index (κ2) is 4.33. The molecule has 0 aliphatic carbocycles. The largest absolute Gasteiger partial charge is 0.493 e. The van der Waals surface area contributed by atoms with E-state index in [1.165, 1.54) is 5.56 Å². The first-order valence-corrected chi connectivity index (χ1v) is 6.75. The molecule has 0 atom stereocenters. The Hall–Kier alpha value is -1.03. The van der Waals surface area contributed by atoms with E-state index in [0.717, 1.165) is 41.8 Å². The summed E-state index contributed by atoms with van der Waals surface area (Å²) in [5, 5.41) is 0. The van der Waals surface area contributed by atoms with Gasteiger partial charge in [-0.2, -0.15) is 0 Å². The van der Waals surface area contributed by atoms with E-state index in [1.807, 2.05) is 4.90 Å². The molecule has 2 aliphatic rings. The molecule has 1 fully saturated rings. The summed E-state index contributed by atoms with van der Waals surface area (Å²) in [6.45, 7) is 2.31. The molecule has 0 radical (unpaired) electrons. The van der Waals surface area contributed by atoms with Crippen LogP contribution in [-0.4, -0.2) is 24.0 Å². The molecule has 90 valence electrons. The van der Waals surface area contributed by atoms with E-state index in [2.05, 4.69) is 28.1 Å². The van der Waals surface area contributed by atoms with Crippen molar-refractivity contribution in [3.8, 4) is 5.75 Å². The number of rotatable bonds is 2. The molecule has 0 saturated carbocycles. The maximum atomic E-state index is 11.6. The van der Waals surface area contributed by atoms with Crippen molar-refractivity contribution in [3.05, 3.63) is 27.7 Å². The predicted octanol–water partition coefficient (Wildman–Crippen LogP) is 2.51. The van der Waals surface area contributed by atoms with E-state index in [-0.39, 0.29) is 5.91 Å². The van der Waals surface area contributed by atoms with Crippen molar-refractivity contribution in [1.29, 1.82) is 0 Å². The van der Waals surface area contributed by atoms with Crippen LogP contribution in [0.3, 0.4) is 0 Å². The van der Waals surface area contributed by atoms with Crippen LogP contribution in [0.1, 0.15) is 24.0 Å². The van der Waals surface area contributed by atoms with E-state index in [4.69, 9.17) is 4.74 Å². The third-order valence-corrected chi connectivity index (χ3v) is 3.82. The molecule has 1 aromatic rings. The molecule has 3 nitrogen and oxygen atoms in total. The number of carbonyl (C=O) groups excluding carboxylic acids is 1. The topological polar surface area (TPSA) is 29.5 Å². The SMILES string of the molecule is O=C1CCCN1Cc1cc(Br)cc2c1OCC2. The number of fused-ring (bicyclic) bond motifs is 1. The van der Waals surface area contributed by atoms with Gasteiger partial charge >= 0.3 is 0 Å². The van der Waals surface area contributed by atoms with Crippen LogP contribution in [0.5, 0.6) is 5.75 Å². The van der Waals surface area contributed by atoms with E-state index >= 15 is 0 Å². The summed E-state index contributed by atoms with van der Waals surface area (Å²) < 4.78 is 6.74. The Bertz CT molecular complexity index is 473. The molecule has 0 bridgehead atoms. The van der Waals surface area contributed by atoms with Crippen LogP contribution < -0.4 is 4.74 Å². The van der Waals surface area contributed by atoms with Crippen LogP contribution in [0, 0.1) is 0 Å². The summed E-state index contributed by atoms with van der Waals surface area (Å²) in [6, 6.07) is 4.17. The Balaban J connectivity index is 1.90. The van der Waals surface area contributed by atoms with Crippen LogP contribution in [0.15, 0.2) is 16.6 Å². The molecule has 4 heteroatoms. The number of amides is 1. The fraction of sp³-hybridized carbons (Fsp3) is 0.462. The average Bonchev–Trinajstić information content (AvgIpc) is 2.88. The Labute approximate surface area is 109 Å². The van der Waals surface area contributed by atoms with Gasteiger partial charge in [0.05, 0.1) is 6.61 Å². The quantitative estimate of drug-likeness (QED) is 0.839. The average molecular weight is 296 g/mol. The molecule has 0 N–H and O–H groups in total. The summed E-state index contributed by atoms with van der Waals surface area (Å²) in [5.41, 5.74) is 2.38.